The first kappa shape index (κ1) is 12.8. The maximum atomic E-state index is 9.46. The highest BCUT2D eigenvalue weighted by Gasteiger charge is 2.04. The minimum Gasteiger partial charge on any atom is -0.508 e. The van der Waals surface area contributed by atoms with E-state index in [4.69, 9.17) is 5.73 Å². The van der Waals surface area contributed by atoms with E-state index in [1.54, 1.807) is 12.1 Å². The lowest BCUT2D eigenvalue weighted by molar-refractivity contribution is 0.475. The Morgan fingerprint density at radius 2 is 2.00 bits per heavy atom. The molecular formula is C14H15BrN2O. The van der Waals surface area contributed by atoms with Gasteiger partial charge < -0.3 is 15.7 Å². The average molecular weight is 307 g/mol. The Morgan fingerprint density at radius 3 is 2.67 bits per heavy atom. The van der Waals surface area contributed by atoms with Crippen molar-refractivity contribution in [2.24, 2.45) is 0 Å². The van der Waals surface area contributed by atoms with Gasteiger partial charge in [0.05, 0.1) is 0 Å². The van der Waals surface area contributed by atoms with Crippen molar-refractivity contribution in [1.29, 1.82) is 0 Å². The number of benzene rings is 2. The quantitative estimate of drug-likeness (QED) is 0.855. The second-order valence-electron chi connectivity index (χ2n) is 4.27. The number of aromatic hydroxyl groups is 1. The number of hydrogen-bond donors (Lipinski definition) is 2. The summed E-state index contributed by atoms with van der Waals surface area (Å²) >= 11 is 3.43. The van der Waals surface area contributed by atoms with Crippen LogP contribution in [0.4, 0.5) is 11.4 Å². The zero-order valence-electron chi connectivity index (χ0n) is 10.1. The molecule has 4 heteroatoms. The predicted molar refractivity (Wildman–Crippen MR) is 78.8 cm³/mol. The fourth-order valence-corrected chi connectivity index (χ4v) is 2.42. The molecule has 0 heterocycles. The van der Waals surface area contributed by atoms with Crippen molar-refractivity contribution in [3.05, 3.63) is 52.5 Å². The number of phenolic OH excluding ortho intramolecular Hbond substituents is 1. The van der Waals surface area contributed by atoms with Gasteiger partial charge in [0.1, 0.15) is 5.75 Å². The van der Waals surface area contributed by atoms with Gasteiger partial charge in [-0.25, -0.2) is 0 Å². The molecule has 0 radical (unpaired) electrons. The van der Waals surface area contributed by atoms with E-state index in [2.05, 4.69) is 20.8 Å². The first-order valence-electron chi connectivity index (χ1n) is 5.60. The van der Waals surface area contributed by atoms with Gasteiger partial charge in [-0.05, 0) is 35.9 Å². The standard InChI is InChI=1S/C14H15BrN2O/c1-17(13-3-2-4-14(18)8-13)9-10-5-11(15)7-12(16)6-10/h2-8,18H,9,16H2,1H3. The molecule has 0 spiro atoms. The van der Waals surface area contributed by atoms with Crippen LogP contribution in [0.3, 0.4) is 0 Å². The summed E-state index contributed by atoms with van der Waals surface area (Å²) in [5, 5.41) is 9.46. The third-order valence-corrected chi connectivity index (χ3v) is 3.13. The summed E-state index contributed by atoms with van der Waals surface area (Å²) in [5.41, 5.74) is 8.63. The maximum Gasteiger partial charge on any atom is 0.117 e. The molecule has 18 heavy (non-hydrogen) atoms. The molecule has 3 N–H and O–H groups in total. The van der Waals surface area contributed by atoms with Crippen molar-refractivity contribution in [2.75, 3.05) is 17.7 Å². The largest absolute Gasteiger partial charge is 0.508 e. The molecular weight excluding hydrogens is 292 g/mol. The Balaban J connectivity index is 2.18. The highest BCUT2D eigenvalue weighted by atomic mass is 79.9. The van der Waals surface area contributed by atoms with Crippen molar-refractivity contribution >= 4 is 27.3 Å². The lowest BCUT2D eigenvalue weighted by Gasteiger charge is -2.20. The van der Waals surface area contributed by atoms with Crippen LogP contribution in [-0.2, 0) is 6.54 Å². The van der Waals surface area contributed by atoms with Gasteiger partial charge in [0.15, 0.2) is 0 Å². The molecule has 0 fully saturated rings. The Hall–Kier alpha value is -1.68. The number of nitrogens with two attached hydrogens (primary N) is 1. The number of nitrogens with zero attached hydrogens (tertiary/aromatic N) is 1. The van der Waals surface area contributed by atoms with Crippen molar-refractivity contribution in [3.63, 3.8) is 0 Å². The first-order chi connectivity index (χ1) is 8.54. The van der Waals surface area contributed by atoms with Crippen LogP contribution in [0.5, 0.6) is 5.75 Å². The van der Waals surface area contributed by atoms with Crippen molar-refractivity contribution in [1.82, 2.24) is 0 Å². The van der Waals surface area contributed by atoms with E-state index < -0.39 is 0 Å². The van der Waals surface area contributed by atoms with Gasteiger partial charge in [0, 0.05) is 35.5 Å². The summed E-state index contributed by atoms with van der Waals surface area (Å²) < 4.78 is 0.974. The van der Waals surface area contributed by atoms with Gasteiger partial charge in [-0.2, -0.15) is 0 Å². The molecule has 0 aliphatic rings. The van der Waals surface area contributed by atoms with Crippen LogP contribution in [0.15, 0.2) is 46.9 Å². The molecule has 0 amide bonds. The van der Waals surface area contributed by atoms with Crippen LogP contribution in [0, 0.1) is 0 Å². The SMILES string of the molecule is CN(Cc1cc(N)cc(Br)c1)c1cccc(O)c1. The summed E-state index contributed by atoms with van der Waals surface area (Å²) in [5.74, 6) is 0.271. The van der Waals surface area contributed by atoms with Crippen LogP contribution >= 0.6 is 15.9 Å². The number of hydrogen-bond acceptors (Lipinski definition) is 3. The van der Waals surface area contributed by atoms with E-state index in [1.807, 2.05) is 37.4 Å². The maximum absolute atomic E-state index is 9.46. The molecule has 0 aliphatic heterocycles. The molecule has 0 saturated carbocycles. The number of halogens is 1. The van der Waals surface area contributed by atoms with E-state index >= 15 is 0 Å². The van der Waals surface area contributed by atoms with Crippen LogP contribution < -0.4 is 10.6 Å². The number of phenols is 1. The lowest BCUT2D eigenvalue weighted by atomic mass is 10.2. The molecule has 0 saturated heterocycles. The third kappa shape index (κ3) is 3.17. The topological polar surface area (TPSA) is 49.5 Å². The monoisotopic (exact) mass is 306 g/mol. The van der Waals surface area contributed by atoms with E-state index in [-0.39, 0.29) is 5.75 Å². The molecule has 2 rings (SSSR count). The summed E-state index contributed by atoms with van der Waals surface area (Å²) in [4.78, 5) is 2.06. The van der Waals surface area contributed by atoms with Crippen LogP contribution in [-0.4, -0.2) is 12.2 Å². The Bertz CT molecular complexity index is 537. The highest BCUT2D eigenvalue weighted by Crippen LogP contribution is 2.23. The molecule has 2 aromatic carbocycles. The lowest BCUT2D eigenvalue weighted by Crippen LogP contribution is -2.16. The number of rotatable bonds is 3. The molecule has 0 aliphatic carbocycles. The van der Waals surface area contributed by atoms with Crippen molar-refractivity contribution in [2.45, 2.75) is 6.54 Å². The van der Waals surface area contributed by atoms with Gasteiger partial charge >= 0.3 is 0 Å². The zero-order chi connectivity index (χ0) is 13.1. The van der Waals surface area contributed by atoms with Gasteiger partial charge in [-0.1, -0.05) is 22.0 Å². The summed E-state index contributed by atoms with van der Waals surface area (Å²) in [6, 6.07) is 13.0. The van der Waals surface area contributed by atoms with Crippen LogP contribution in [0.2, 0.25) is 0 Å². The normalized spacial score (nSPS) is 10.3. The Labute approximate surface area is 115 Å². The Morgan fingerprint density at radius 1 is 1.22 bits per heavy atom. The fraction of sp³-hybridized carbons (Fsp3) is 0.143. The molecule has 2 aromatic rings. The zero-order valence-corrected chi connectivity index (χ0v) is 11.7. The van der Waals surface area contributed by atoms with Gasteiger partial charge in [0.2, 0.25) is 0 Å². The third-order valence-electron chi connectivity index (χ3n) is 2.67. The molecule has 0 bridgehead atoms. The van der Waals surface area contributed by atoms with E-state index in [0.29, 0.717) is 0 Å². The average Bonchev–Trinajstić information content (AvgIpc) is 2.27. The minimum atomic E-state index is 0.271. The van der Waals surface area contributed by atoms with Gasteiger partial charge in [-0.3, -0.25) is 0 Å². The highest BCUT2D eigenvalue weighted by molar-refractivity contribution is 9.10. The second-order valence-corrected chi connectivity index (χ2v) is 5.18. The second kappa shape index (κ2) is 5.31. The van der Waals surface area contributed by atoms with Crippen molar-refractivity contribution < 1.29 is 5.11 Å². The molecule has 0 unspecified atom stereocenters. The van der Waals surface area contributed by atoms with Crippen LogP contribution in [0.25, 0.3) is 0 Å². The molecule has 94 valence electrons. The van der Waals surface area contributed by atoms with Gasteiger partial charge in [-0.15, -0.1) is 0 Å². The minimum absolute atomic E-state index is 0.271. The summed E-state index contributed by atoms with van der Waals surface area (Å²) in [6.07, 6.45) is 0. The molecule has 0 atom stereocenters. The smallest absolute Gasteiger partial charge is 0.117 e. The van der Waals surface area contributed by atoms with Crippen LogP contribution in [0.1, 0.15) is 5.56 Å². The fourth-order valence-electron chi connectivity index (χ4n) is 1.86. The summed E-state index contributed by atoms with van der Waals surface area (Å²) in [6.45, 7) is 0.729. The first-order valence-corrected chi connectivity index (χ1v) is 6.39. The summed E-state index contributed by atoms with van der Waals surface area (Å²) in [7, 11) is 1.98. The van der Waals surface area contributed by atoms with E-state index in [0.717, 1.165) is 28.0 Å². The molecule has 0 aromatic heterocycles. The predicted octanol–water partition coefficient (Wildman–Crippen LogP) is 3.37. The Kier molecular flexibility index (Phi) is 3.77. The van der Waals surface area contributed by atoms with E-state index in [1.165, 1.54) is 0 Å². The number of anilines is 2. The number of nitrogen functional groups attached to an aromatic ring is 1. The van der Waals surface area contributed by atoms with E-state index in [9.17, 15) is 5.11 Å². The van der Waals surface area contributed by atoms with Gasteiger partial charge in [0.25, 0.3) is 0 Å². The molecule has 3 nitrogen and oxygen atoms in total. The van der Waals surface area contributed by atoms with Crippen molar-refractivity contribution in [3.8, 4) is 5.75 Å².